The summed E-state index contributed by atoms with van der Waals surface area (Å²) in [4.78, 5) is 15.1. The summed E-state index contributed by atoms with van der Waals surface area (Å²) in [5.41, 5.74) is 6.75. The van der Waals surface area contributed by atoms with Crippen LogP contribution in [0, 0.1) is 0 Å². The van der Waals surface area contributed by atoms with Gasteiger partial charge in [0.05, 0.1) is 0 Å². The Kier molecular flexibility index (Phi) is 6.15. The molecule has 228 valence electrons. The number of benzene rings is 8. The minimum atomic E-state index is 0.609. The molecule has 49 heavy (non-hydrogen) atoms. The number of para-hydroxylation sites is 1. The molecule has 4 heteroatoms. The van der Waals surface area contributed by atoms with Crippen LogP contribution in [0.4, 0.5) is 0 Å². The van der Waals surface area contributed by atoms with E-state index in [-0.39, 0.29) is 0 Å². The van der Waals surface area contributed by atoms with E-state index in [9.17, 15) is 0 Å². The molecular weight excluding hydrogens is 599 g/mol. The summed E-state index contributed by atoms with van der Waals surface area (Å²) >= 11 is 0. The molecule has 0 saturated heterocycles. The quantitative estimate of drug-likeness (QED) is 0.183. The zero-order chi connectivity index (χ0) is 32.3. The highest BCUT2D eigenvalue weighted by Gasteiger charge is 2.18. The fraction of sp³-hybridized carbons (Fsp3) is 0. The number of aromatic nitrogens is 3. The molecule has 0 aliphatic heterocycles. The average Bonchev–Trinajstić information content (AvgIpc) is 3.57. The molecule has 0 N–H and O–H groups in total. The molecule has 0 bridgehead atoms. The van der Waals surface area contributed by atoms with E-state index in [1.165, 1.54) is 37.9 Å². The summed E-state index contributed by atoms with van der Waals surface area (Å²) in [6.07, 6.45) is 0. The van der Waals surface area contributed by atoms with Gasteiger partial charge < -0.3 is 4.42 Å². The second-order valence-corrected chi connectivity index (χ2v) is 12.4. The first-order valence-electron chi connectivity index (χ1n) is 16.4. The molecule has 0 atom stereocenters. The molecule has 10 rings (SSSR count). The van der Waals surface area contributed by atoms with Crippen LogP contribution in [0.1, 0.15) is 0 Å². The normalized spacial score (nSPS) is 11.7. The van der Waals surface area contributed by atoms with Gasteiger partial charge in [-0.25, -0.2) is 15.0 Å². The Bertz CT molecular complexity index is 2870. The van der Waals surface area contributed by atoms with E-state index in [1.807, 2.05) is 60.7 Å². The topological polar surface area (TPSA) is 51.8 Å². The van der Waals surface area contributed by atoms with E-state index in [1.54, 1.807) is 0 Å². The fourth-order valence-electron chi connectivity index (χ4n) is 7.20. The number of hydrogen-bond donors (Lipinski definition) is 0. The lowest BCUT2D eigenvalue weighted by atomic mass is 9.91. The highest BCUT2D eigenvalue weighted by Crippen LogP contribution is 2.39. The van der Waals surface area contributed by atoms with Crippen molar-refractivity contribution in [1.29, 1.82) is 0 Å². The van der Waals surface area contributed by atoms with E-state index in [4.69, 9.17) is 19.4 Å². The third-order valence-electron chi connectivity index (χ3n) is 9.53. The first-order chi connectivity index (χ1) is 24.3. The van der Waals surface area contributed by atoms with Crippen molar-refractivity contribution in [2.45, 2.75) is 0 Å². The van der Waals surface area contributed by atoms with Gasteiger partial charge in [0.2, 0.25) is 0 Å². The number of hydrogen-bond acceptors (Lipinski definition) is 4. The molecule has 4 nitrogen and oxygen atoms in total. The van der Waals surface area contributed by atoms with Crippen LogP contribution >= 0.6 is 0 Å². The molecule has 0 aliphatic rings. The number of fused-ring (bicyclic) bond motifs is 8. The lowest BCUT2D eigenvalue weighted by Crippen LogP contribution is -2.00. The van der Waals surface area contributed by atoms with Gasteiger partial charge in [-0.05, 0) is 61.6 Å². The van der Waals surface area contributed by atoms with Crippen molar-refractivity contribution >= 4 is 54.3 Å². The number of furan rings is 1. The van der Waals surface area contributed by atoms with E-state index < -0.39 is 0 Å². The average molecular weight is 626 g/mol. The SMILES string of the molecule is c1ccc(-c2nc(-c3ccc(-c4cc5c6ccccc6ccc5c5ccccc45)cc3)nc(-c3cccc4oc5ccccc5c34)n2)cc1. The van der Waals surface area contributed by atoms with Gasteiger partial charge in [0.25, 0.3) is 0 Å². The van der Waals surface area contributed by atoms with Crippen molar-refractivity contribution in [3.8, 4) is 45.3 Å². The van der Waals surface area contributed by atoms with Crippen molar-refractivity contribution in [2.75, 3.05) is 0 Å². The second-order valence-electron chi connectivity index (χ2n) is 12.4. The van der Waals surface area contributed by atoms with Crippen molar-refractivity contribution in [2.24, 2.45) is 0 Å². The minimum Gasteiger partial charge on any atom is -0.456 e. The molecule has 0 saturated carbocycles. The lowest BCUT2D eigenvalue weighted by Gasteiger charge is -2.13. The first-order valence-corrected chi connectivity index (χ1v) is 16.4. The molecule has 0 spiro atoms. The maximum atomic E-state index is 6.21. The zero-order valence-electron chi connectivity index (χ0n) is 26.3. The first kappa shape index (κ1) is 27.5. The molecule has 2 aromatic heterocycles. The Hall–Kier alpha value is -6.65. The van der Waals surface area contributed by atoms with Gasteiger partial charge in [-0.2, -0.15) is 0 Å². The zero-order valence-corrected chi connectivity index (χ0v) is 26.3. The molecule has 10 aromatic rings. The van der Waals surface area contributed by atoms with Gasteiger partial charge in [0.15, 0.2) is 17.5 Å². The highest BCUT2D eigenvalue weighted by molar-refractivity contribution is 6.21. The van der Waals surface area contributed by atoms with Crippen LogP contribution in [0.15, 0.2) is 168 Å². The van der Waals surface area contributed by atoms with E-state index in [0.29, 0.717) is 17.5 Å². The van der Waals surface area contributed by atoms with Crippen LogP contribution in [0.2, 0.25) is 0 Å². The van der Waals surface area contributed by atoms with Crippen molar-refractivity contribution in [1.82, 2.24) is 15.0 Å². The molecule has 0 amide bonds. The van der Waals surface area contributed by atoms with E-state index in [0.717, 1.165) is 44.2 Å². The van der Waals surface area contributed by atoms with Crippen LogP contribution in [0.5, 0.6) is 0 Å². The molecule has 0 radical (unpaired) electrons. The molecule has 8 aromatic carbocycles. The fourth-order valence-corrected chi connectivity index (χ4v) is 7.20. The molecule has 0 unspecified atom stereocenters. The molecular formula is C45H27N3O. The van der Waals surface area contributed by atoms with Crippen LogP contribution in [-0.4, -0.2) is 15.0 Å². The van der Waals surface area contributed by atoms with Crippen LogP contribution in [0.25, 0.3) is 99.5 Å². The highest BCUT2D eigenvalue weighted by atomic mass is 16.3. The van der Waals surface area contributed by atoms with E-state index >= 15 is 0 Å². The van der Waals surface area contributed by atoms with Gasteiger partial charge >= 0.3 is 0 Å². The Morgan fingerprint density at radius 2 is 0.918 bits per heavy atom. The predicted molar refractivity (Wildman–Crippen MR) is 201 cm³/mol. The number of nitrogens with zero attached hydrogens (tertiary/aromatic N) is 3. The maximum Gasteiger partial charge on any atom is 0.164 e. The molecule has 0 aliphatic carbocycles. The summed E-state index contributed by atoms with van der Waals surface area (Å²) in [7, 11) is 0. The summed E-state index contributed by atoms with van der Waals surface area (Å²) < 4.78 is 6.21. The Morgan fingerprint density at radius 1 is 0.327 bits per heavy atom. The lowest BCUT2D eigenvalue weighted by molar-refractivity contribution is 0.669. The largest absolute Gasteiger partial charge is 0.456 e. The summed E-state index contributed by atoms with van der Waals surface area (Å²) in [5, 5.41) is 9.54. The van der Waals surface area contributed by atoms with Gasteiger partial charge in [-0.3, -0.25) is 0 Å². The third-order valence-corrected chi connectivity index (χ3v) is 9.53. The van der Waals surface area contributed by atoms with Crippen LogP contribution < -0.4 is 0 Å². The predicted octanol–water partition coefficient (Wildman–Crippen LogP) is 11.9. The Balaban J connectivity index is 1.15. The number of rotatable bonds is 4. The Morgan fingerprint density at radius 3 is 1.73 bits per heavy atom. The Labute approximate surface area is 282 Å². The minimum absolute atomic E-state index is 0.609. The van der Waals surface area contributed by atoms with Gasteiger partial charge in [-0.1, -0.05) is 146 Å². The maximum absolute atomic E-state index is 6.21. The third kappa shape index (κ3) is 4.49. The monoisotopic (exact) mass is 625 g/mol. The molecule has 0 fully saturated rings. The van der Waals surface area contributed by atoms with Crippen LogP contribution in [-0.2, 0) is 0 Å². The van der Waals surface area contributed by atoms with Crippen LogP contribution in [0.3, 0.4) is 0 Å². The van der Waals surface area contributed by atoms with Crippen molar-refractivity contribution in [3.05, 3.63) is 164 Å². The van der Waals surface area contributed by atoms with Gasteiger partial charge in [0.1, 0.15) is 11.2 Å². The standard InChI is InChI=1S/C45H27N3O/c1-2-12-30(13-3-1)43-46-44(48-45(47-43)37-18-10-20-41-42(37)36-17-8-9-19-40(36)49-41)31-23-21-29(22-24-31)38-27-39-32-14-5-4-11-28(32)25-26-35(39)33-15-6-7-16-34(33)38/h1-27H. The van der Waals surface area contributed by atoms with Crippen molar-refractivity contribution in [3.63, 3.8) is 0 Å². The van der Waals surface area contributed by atoms with Crippen molar-refractivity contribution < 1.29 is 4.42 Å². The van der Waals surface area contributed by atoms with Gasteiger partial charge in [-0.15, -0.1) is 0 Å². The van der Waals surface area contributed by atoms with Gasteiger partial charge in [0, 0.05) is 27.5 Å². The molecule has 2 heterocycles. The summed E-state index contributed by atoms with van der Waals surface area (Å²) in [6.45, 7) is 0. The smallest absolute Gasteiger partial charge is 0.164 e. The van der Waals surface area contributed by atoms with E-state index in [2.05, 4.69) is 103 Å². The second kappa shape index (κ2) is 11.0. The summed E-state index contributed by atoms with van der Waals surface area (Å²) in [5.74, 6) is 1.86. The summed E-state index contributed by atoms with van der Waals surface area (Å²) in [6, 6.07) is 57.0.